The van der Waals surface area contributed by atoms with Gasteiger partial charge in [0.2, 0.25) is 18.0 Å². The van der Waals surface area contributed by atoms with E-state index in [-0.39, 0.29) is 19.0 Å². The lowest BCUT2D eigenvalue weighted by molar-refractivity contribution is -0.119. The fourth-order valence-corrected chi connectivity index (χ4v) is 3.30. The highest BCUT2D eigenvalue weighted by atomic mass is 19.1. The van der Waals surface area contributed by atoms with Gasteiger partial charge in [0.15, 0.2) is 6.10 Å². The van der Waals surface area contributed by atoms with E-state index in [4.69, 9.17) is 14.2 Å². The van der Waals surface area contributed by atoms with Gasteiger partial charge in [-0.1, -0.05) is 0 Å². The highest BCUT2D eigenvalue weighted by molar-refractivity contribution is 5.74. The quantitative estimate of drug-likeness (QED) is 0.864. The molecule has 0 aliphatic carbocycles. The van der Waals surface area contributed by atoms with Crippen LogP contribution in [0, 0.1) is 5.82 Å². The molecule has 0 unspecified atom stereocenters. The average molecular weight is 387 g/mol. The number of nitrogens with zero attached hydrogens (tertiary/aromatic N) is 2. The number of aromatic nitrogens is 1. The molecule has 0 saturated carbocycles. The molecule has 2 aliphatic rings. The zero-order chi connectivity index (χ0) is 19.8. The van der Waals surface area contributed by atoms with Crippen molar-refractivity contribution in [2.45, 2.75) is 25.8 Å². The van der Waals surface area contributed by atoms with Gasteiger partial charge in [-0.2, -0.15) is 0 Å². The number of methoxy groups -OCH3 is 1. The van der Waals surface area contributed by atoms with Gasteiger partial charge >= 0.3 is 6.09 Å². The van der Waals surface area contributed by atoms with Crippen molar-refractivity contribution >= 4 is 12.0 Å². The van der Waals surface area contributed by atoms with E-state index >= 15 is 0 Å². The molecule has 0 spiro atoms. The lowest BCUT2D eigenvalue weighted by atomic mass is 10.0. The molecule has 146 valence electrons. The number of halogens is 1. The molecule has 1 aromatic carbocycles. The summed E-state index contributed by atoms with van der Waals surface area (Å²) in [6.07, 6.45) is -0.401. The molecule has 0 bridgehead atoms. The van der Waals surface area contributed by atoms with Crippen LogP contribution in [0.3, 0.4) is 0 Å². The highest BCUT2D eigenvalue weighted by Gasteiger charge is 2.46. The Hall–Kier alpha value is -3.36. The van der Waals surface area contributed by atoms with Crippen molar-refractivity contribution in [3.63, 3.8) is 0 Å². The zero-order valence-electron chi connectivity index (χ0n) is 15.3. The number of nitrogens with one attached hydrogen (secondary N) is 1. The van der Waals surface area contributed by atoms with Crippen molar-refractivity contribution in [3.05, 3.63) is 41.8 Å². The number of fused-ring (bicyclic) bond motifs is 2. The standard InChI is InChI=1S/C19H18FN3O5/c1-10(24)22-8-16-18-23(19(25)28-16)9-12-5-13(14(20)7-15(12)27-18)11-3-4-21-17(6-11)26-2/h3-7,16,18H,8-9H2,1-2H3,(H,22,24)/t16-,18-/m0/s1. The van der Waals surface area contributed by atoms with Gasteiger partial charge in [-0.05, 0) is 17.7 Å². The van der Waals surface area contributed by atoms with Gasteiger partial charge in [0.1, 0.15) is 11.6 Å². The summed E-state index contributed by atoms with van der Waals surface area (Å²) >= 11 is 0. The number of ether oxygens (including phenoxy) is 3. The molecular formula is C19H18FN3O5. The Bertz CT molecular complexity index is 951. The first-order valence-electron chi connectivity index (χ1n) is 8.67. The first-order chi connectivity index (χ1) is 13.5. The molecule has 0 radical (unpaired) electrons. The second kappa shape index (κ2) is 6.99. The highest BCUT2D eigenvalue weighted by Crippen LogP contribution is 2.38. The van der Waals surface area contributed by atoms with Gasteiger partial charge in [0.25, 0.3) is 0 Å². The van der Waals surface area contributed by atoms with Crippen LogP contribution in [0.5, 0.6) is 11.6 Å². The SMILES string of the molecule is COc1cc(-c2cc3c(cc2F)O[C@H]2[C@H](CNC(C)=O)OC(=O)N2C3)ccn1. The Morgan fingerprint density at radius 2 is 2.21 bits per heavy atom. The third kappa shape index (κ3) is 3.19. The average Bonchev–Trinajstić information content (AvgIpc) is 2.99. The number of rotatable bonds is 4. The maximum absolute atomic E-state index is 14.8. The van der Waals surface area contributed by atoms with E-state index in [0.29, 0.717) is 28.3 Å². The van der Waals surface area contributed by atoms with Crippen molar-refractivity contribution in [1.29, 1.82) is 0 Å². The number of cyclic esters (lactones) is 1. The maximum atomic E-state index is 14.8. The van der Waals surface area contributed by atoms with Gasteiger partial charge in [-0.25, -0.2) is 14.2 Å². The number of carbonyl (C=O) groups excluding carboxylic acids is 2. The molecule has 8 nitrogen and oxygen atoms in total. The van der Waals surface area contributed by atoms with Crippen LogP contribution in [0.4, 0.5) is 9.18 Å². The van der Waals surface area contributed by atoms with E-state index in [1.165, 1.54) is 31.2 Å². The van der Waals surface area contributed by atoms with Gasteiger partial charge in [0, 0.05) is 36.4 Å². The first-order valence-corrected chi connectivity index (χ1v) is 8.67. The van der Waals surface area contributed by atoms with E-state index in [2.05, 4.69) is 10.3 Å². The molecule has 2 aromatic rings. The van der Waals surface area contributed by atoms with Crippen LogP contribution in [0.25, 0.3) is 11.1 Å². The smallest absolute Gasteiger partial charge is 0.413 e. The van der Waals surface area contributed by atoms with Crippen molar-refractivity contribution in [3.8, 4) is 22.8 Å². The van der Waals surface area contributed by atoms with Crippen LogP contribution in [0.15, 0.2) is 30.5 Å². The van der Waals surface area contributed by atoms with Crippen LogP contribution < -0.4 is 14.8 Å². The van der Waals surface area contributed by atoms with Crippen LogP contribution in [-0.2, 0) is 16.1 Å². The lowest BCUT2D eigenvalue weighted by Crippen LogP contribution is -2.47. The molecule has 1 fully saturated rings. The minimum Gasteiger partial charge on any atom is -0.481 e. The number of carbonyl (C=O) groups is 2. The number of pyridine rings is 1. The Kier molecular flexibility index (Phi) is 4.50. The maximum Gasteiger partial charge on any atom is 0.413 e. The van der Waals surface area contributed by atoms with E-state index in [0.717, 1.165) is 0 Å². The Balaban J connectivity index is 1.64. The summed E-state index contributed by atoms with van der Waals surface area (Å²) in [6, 6.07) is 6.25. The van der Waals surface area contributed by atoms with Crippen LogP contribution in [-0.4, -0.2) is 47.9 Å². The van der Waals surface area contributed by atoms with Gasteiger partial charge in [-0.15, -0.1) is 0 Å². The second-order valence-electron chi connectivity index (χ2n) is 6.52. The molecule has 3 heterocycles. The van der Waals surface area contributed by atoms with Gasteiger partial charge < -0.3 is 19.5 Å². The minimum absolute atomic E-state index is 0.120. The third-order valence-electron chi connectivity index (χ3n) is 4.66. The van der Waals surface area contributed by atoms with Crippen LogP contribution in [0.1, 0.15) is 12.5 Å². The first kappa shape index (κ1) is 18.0. The van der Waals surface area contributed by atoms with Crippen molar-refractivity contribution in [2.24, 2.45) is 0 Å². The van der Waals surface area contributed by atoms with Crippen molar-refractivity contribution < 1.29 is 28.2 Å². The molecule has 28 heavy (non-hydrogen) atoms. The fraction of sp³-hybridized carbons (Fsp3) is 0.316. The number of amides is 2. The normalized spacial score (nSPS) is 20.0. The largest absolute Gasteiger partial charge is 0.481 e. The van der Waals surface area contributed by atoms with E-state index in [1.807, 2.05) is 0 Å². The molecule has 1 saturated heterocycles. The molecule has 1 aromatic heterocycles. The minimum atomic E-state index is -0.724. The fourth-order valence-electron chi connectivity index (χ4n) is 3.30. The number of hydrogen-bond acceptors (Lipinski definition) is 6. The van der Waals surface area contributed by atoms with Crippen molar-refractivity contribution in [2.75, 3.05) is 13.7 Å². The number of hydrogen-bond donors (Lipinski definition) is 1. The van der Waals surface area contributed by atoms with Crippen LogP contribution >= 0.6 is 0 Å². The predicted molar refractivity (Wildman–Crippen MR) is 95.1 cm³/mol. The monoisotopic (exact) mass is 387 g/mol. The topological polar surface area (TPSA) is 90.0 Å². The molecule has 2 amide bonds. The van der Waals surface area contributed by atoms with Crippen molar-refractivity contribution in [1.82, 2.24) is 15.2 Å². The summed E-state index contributed by atoms with van der Waals surface area (Å²) < 4.78 is 31.0. The zero-order valence-corrected chi connectivity index (χ0v) is 15.3. The summed E-state index contributed by atoms with van der Waals surface area (Å²) in [5, 5.41) is 2.60. The third-order valence-corrected chi connectivity index (χ3v) is 4.66. The summed E-state index contributed by atoms with van der Waals surface area (Å²) in [6.45, 7) is 1.70. The summed E-state index contributed by atoms with van der Waals surface area (Å²) in [5.41, 5.74) is 1.60. The summed E-state index contributed by atoms with van der Waals surface area (Å²) in [4.78, 5) is 28.8. The molecule has 4 rings (SSSR count). The Labute approximate surface area is 160 Å². The Morgan fingerprint density at radius 3 is 2.96 bits per heavy atom. The van der Waals surface area contributed by atoms with Gasteiger partial charge in [0.05, 0.1) is 20.2 Å². The predicted octanol–water partition coefficient (Wildman–Crippen LogP) is 2.07. The number of benzene rings is 1. The lowest BCUT2D eigenvalue weighted by Gasteiger charge is -2.31. The molecule has 9 heteroatoms. The second-order valence-corrected chi connectivity index (χ2v) is 6.52. The van der Waals surface area contributed by atoms with E-state index in [1.54, 1.807) is 18.2 Å². The molecule has 2 aliphatic heterocycles. The Morgan fingerprint density at radius 1 is 1.39 bits per heavy atom. The summed E-state index contributed by atoms with van der Waals surface area (Å²) in [7, 11) is 1.49. The van der Waals surface area contributed by atoms with E-state index in [9.17, 15) is 14.0 Å². The van der Waals surface area contributed by atoms with Gasteiger partial charge in [-0.3, -0.25) is 9.69 Å². The van der Waals surface area contributed by atoms with E-state index < -0.39 is 24.2 Å². The molecule has 2 atom stereocenters. The molecular weight excluding hydrogens is 369 g/mol. The summed E-state index contributed by atoms with van der Waals surface area (Å²) in [5.74, 6) is 0.00259. The van der Waals surface area contributed by atoms with Crippen LogP contribution in [0.2, 0.25) is 0 Å². The molecule has 1 N–H and O–H groups in total.